The van der Waals surface area contributed by atoms with E-state index < -0.39 is 29.8 Å². The first-order chi connectivity index (χ1) is 9.60. The number of aliphatic hydroxyl groups is 1. The number of ether oxygens (including phenoxy) is 1. The van der Waals surface area contributed by atoms with Crippen LogP contribution in [0.15, 0.2) is 24.3 Å². The van der Waals surface area contributed by atoms with Crippen molar-refractivity contribution < 1.29 is 24.5 Å². The van der Waals surface area contributed by atoms with E-state index in [1.165, 1.54) is 24.3 Å². The molecule has 1 aromatic carbocycles. The molecule has 116 valence electrons. The maximum absolute atomic E-state index is 11.6. The summed E-state index contributed by atoms with van der Waals surface area (Å²) in [6.07, 6.45) is -2.34. The van der Waals surface area contributed by atoms with Crippen molar-refractivity contribution >= 4 is 23.7 Å². The number of benzene rings is 1. The molecule has 0 bridgehead atoms. The number of carboxylic acids is 1. The molecule has 0 aromatic heterocycles. The van der Waals surface area contributed by atoms with E-state index in [2.05, 4.69) is 5.32 Å². The third-order valence-electron chi connectivity index (χ3n) is 2.47. The molecule has 1 aromatic rings. The van der Waals surface area contributed by atoms with Gasteiger partial charge >= 0.3 is 12.1 Å². The number of nitrogens with one attached hydrogen (secondary N) is 1. The van der Waals surface area contributed by atoms with Gasteiger partial charge in [0.1, 0.15) is 11.7 Å². The van der Waals surface area contributed by atoms with Gasteiger partial charge in [-0.2, -0.15) is 0 Å². The van der Waals surface area contributed by atoms with Crippen LogP contribution in [0.4, 0.5) is 4.79 Å². The van der Waals surface area contributed by atoms with E-state index in [0.717, 1.165) is 0 Å². The zero-order valence-electron chi connectivity index (χ0n) is 12.0. The summed E-state index contributed by atoms with van der Waals surface area (Å²) in [4.78, 5) is 22.9. The number of carbonyl (C=O) groups is 2. The highest BCUT2D eigenvalue weighted by atomic mass is 35.5. The SMILES string of the molecule is CC(C)(C)OC(=O)N[C@H](C(=O)O)[C@@H](O)c1ccc(Cl)cc1. The first-order valence-corrected chi connectivity index (χ1v) is 6.64. The van der Waals surface area contributed by atoms with Crippen LogP contribution in [0.3, 0.4) is 0 Å². The molecular weight excluding hydrogens is 298 g/mol. The number of amides is 1. The Morgan fingerprint density at radius 3 is 2.19 bits per heavy atom. The second kappa shape index (κ2) is 6.78. The third kappa shape index (κ3) is 5.61. The highest BCUT2D eigenvalue weighted by Crippen LogP contribution is 2.20. The number of aliphatic carboxylic acids is 1. The molecule has 0 fully saturated rings. The Hall–Kier alpha value is -1.79. The number of rotatable bonds is 4. The van der Waals surface area contributed by atoms with Gasteiger partial charge in [0, 0.05) is 5.02 Å². The zero-order valence-corrected chi connectivity index (χ0v) is 12.7. The van der Waals surface area contributed by atoms with Gasteiger partial charge in [0.25, 0.3) is 0 Å². The topological polar surface area (TPSA) is 95.9 Å². The normalized spacial score (nSPS) is 14.1. The van der Waals surface area contributed by atoms with Crippen LogP contribution in [0.5, 0.6) is 0 Å². The first-order valence-electron chi connectivity index (χ1n) is 6.26. The van der Waals surface area contributed by atoms with E-state index >= 15 is 0 Å². The molecule has 2 atom stereocenters. The minimum atomic E-state index is -1.53. The maximum Gasteiger partial charge on any atom is 0.408 e. The van der Waals surface area contributed by atoms with Crippen LogP contribution in [0.25, 0.3) is 0 Å². The molecule has 0 aliphatic heterocycles. The molecular formula is C14H18ClNO5. The average molecular weight is 316 g/mol. The molecule has 0 spiro atoms. The lowest BCUT2D eigenvalue weighted by atomic mass is 10.0. The van der Waals surface area contributed by atoms with Crippen LogP contribution in [-0.4, -0.2) is 33.9 Å². The Morgan fingerprint density at radius 2 is 1.76 bits per heavy atom. The monoisotopic (exact) mass is 315 g/mol. The van der Waals surface area contributed by atoms with Gasteiger partial charge in [-0.05, 0) is 38.5 Å². The molecule has 1 rings (SSSR count). The smallest absolute Gasteiger partial charge is 0.408 e. The predicted molar refractivity (Wildman–Crippen MR) is 77.2 cm³/mol. The third-order valence-corrected chi connectivity index (χ3v) is 2.72. The van der Waals surface area contributed by atoms with Gasteiger partial charge in [-0.25, -0.2) is 9.59 Å². The van der Waals surface area contributed by atoms with Gasteiger partial charge in [0.2, 0.25) is 0 Å². The minimum absolute atomic E-state index is 0.322. The summed E-state index contributed by atoms with van der Waals surface area (Å²) in [6, 6.07) is 4.49. The van der Waals surface area contributed by atoms with Crippen LogP contribution in [0.2, 0.25) is 5.02 Å². The molecule has 0 saturated heterocycles. The predicted octanol–water partition coefficient (Wildman–Crippen LogP) is 2.35. The first kappa shape index (κ1) is 17.3. The number of halogens is 1. The van der Waals surface area contributed by atoms with E-state index in [9.17, 15) is 14.7 Å². The summed E-state index contributed by atoms with van der Waals surface area (Å²) >= 11 is 5.73. The van der Waals surface area contributed by atoms with Crippen molar-refractivity contribution in [3.63, 3.8) is 0 Å². The van der Waals surface area contributed by atoms with E-state index in [0.29, 0.717) is 10.6 Å². The van der Waals surface area contributed by atoms with Gasteiger partial charge in [-0.3, -0.25) is 0 Å². The van der Waals surface area contributed by atoms with E-state index in [4.69, 9.17) is 21.4 Å². The second-order valence-corrected chi connectivity index (χ2v) is 5.89. The average Bonchev–Trinajstić information content (AvgIpc) is 2.33. The number of carbonyl (C=O) groups excluding carboxylic acids is 1. The van der Waals surface area contributed by atoms with Crippen molar-refractivity contribution in [2.24, 2.45) is 0 Å². The molecule has 3 N–H and O–H groups in total. The summed E-state index contributed by atoms with van der Waals surface area (Å²) in [5.41, 5.74) is -0.443. The van der Waals surface area contributed by atoms with Crippen LogP contribution < -0.4 is 5.32 Å². The number of hydrogen-bond acceptors (Lipinski definition) is 4. The van der Waals surface area contributed by atoms with Crippen molar-refractivity contribution in [2.45, 2.75) is 38.5 Å². The Morgan fingerprint density at radius 1 is 1.24 bits per heavy atom. The van der Waals surface area contributed by atoms with E-state index in [-0.39, 0.29) is 0 Å². The Kier molecular flexibility index (Phi) is 5.57. The Bertz CT molecular complexity index is 509. The quantitative estimate of drug-likeness (QED) is 0.792. The number of aliphatic hydroxyl groups excluding tert-OH is 1. The number of alkyl carbamates (subject to hydrolysis) is 1. The molecule has 0 aliphatic carbocycles. The Labute approximate surface area is 127 Å². The molecule has 0 unspecified atom stereocenters. The van der Waals surface area contributed by atoms with Crippen LogP contribution in [-0.2, 0) is 9.53 Å². The zero-order chi connectivity index (χ0) is 16.2. The highest BCUT2D eigenvalue weighted by Gasteiger charge is 2.31. The molecule has 1 amide bonds. The summed E-state index contributed by atoms with van der Waals surface area (Å²) in [5.74, 6) is -1.37. The van der Waals surface area contributed by atoms with Crippen LogP contribution in [0, 0.1) is 0 Å². The summed E-state index contributed by atoms with van der Waals surface area (Å²) < 4.78 is 4.98. The largest absolute Gasteiger partial charge is 0.480 e. The Balaban J connectivity index is 2.84. The highest BCUT2D eigenvalue weighted by molar-refractivity contribution is 6.30. The fourth-order valence-electron chi connectivity index (χ4n) is 1.56. The number of carboxylic acid groups (broad SMARTS) is 1. The lowest BCUT2D eigenvalue weighted by Crippen LogP contribution is -2.46. The van der Waals surface area contributed by atoms with Crippen LogP contribution >= 0.6 is 11.6 Å². The lowest BCUT2D eigenvalue weighted by Gasteiger charge is -2.24. The van der Waals surface area contributed by atoms with Gasteiger partial charge in [-0.1, -0.05) is 23.7 Å². The van der Waals surface area contributed by atoms with E-state index in [1.54, 1.807) is 20.8 Å². The van der Waals surface area contributed by atoms with Crippen molar-refractivity contribution in [2.75, 3.05) is 0 Å². The summed E-state index contributed by atoms with van der Waals surface area (Å²) in [5, 5.41) is 21.8. The molecule has 0 radical (unpaired) electrons. The standard InChI is InChI=1S/C14H18ClNO5/c1-14(2,3)21-13(20)16-10(12(18)19)11(17)8-4-6-9(15)7-5-8/h4-7,10-11,17H,1-3H3,(H,16,20)(H,18,19)/t10-,11-/m0/s1. The minimum Gasteiger partial charge on any atom is -0.480 e. The van der Waals surface area contributed by atoms with Gasteiger partial charge in [0.15, 0.2) is 6.04 Å². The summed E-state index contributed by atoms with van der Waals surface area (Å²) in [6.45, 7) is 4.95. The molecule has 0 heterocycles. The van der Waals surface area contributed by atoms with Gasteiger partial charge < -0.3 is 20.3 Å². The molecule has 7 heteroatoms. The molecule has 0 aliphatic rings. The van der Waals surface area contributed by atoms with Crippen molar-refractivity contribution in [1.29, 1.82) is 0 Å². The summed E-state index contributed by atoms with van der Waals surface area (Å²) in [7, 11) is 0. The van der Waals surface area contributed by atoms with Gasteiger partial charge in [0.05, 0.1) is 0 Å². The van der Waals surface area contributed by atoms with Gasteiger partial charge in [-0.15, -0.1) is 0 Å². The molecule has 21 heavy (non-hydrogen) atoms. The van der Waals surface area contributed by atoms with E-state index in [1.807, 2.05) is 0 Å². The van der Waals surface area contributed by atoms with Crippen LogP contribution in [0.1, 0.15) is 32.4 Å². The maximum atomic E-state index is 11.6. The lowest BCUT2D eigenvalue weighted by molar-refractivity contribution is -0.142. The number of hydrogen-bond donors (Lipinski definition) is 3. The molecule has 0 saturated carbocycles. The fraction of sp³-hybridized carbons (Fsp3) is 0.429. The van der Waals surface area contributed by atoms with Crippen molar-refractivity contribution in [3.8, 4) is 0 Å². The van der Waals surface area contributed by atoms with Crippen molar-refractivity contribution in [3.05, 3.63) is 34.9 Å². The second-order valence-electron chi connectivity index (χ2n) is 5.46. The van der Waals surface area contributed by atoms with Crippen molar-refractivity contribution in [1.82, 2.24) is 5.32 Å². The molecule has 6 nitrogen and oxygen atoms in total. The fourth-order valence-corrected chi connectivity index (χ4v) is 1.69.